The van der Waals surface area contributed by atoms with Gasteiger partial charge in [0.15, 0.2) is 0 Å². The molecule has 2 N–H and O–H groups in total. The van der Waals surface area contributed by atoms with Gasteiger partial charge in [0.05, 0.1) is 12.2 Å². The Labute approximate surface area is 155 Å². The average molecular weight is 365 g/mol. The number of carbonyl (C=O) groups excluding carboxylic acids is 2. The lowest BCUT2D eigenvalue weighted by molar-refractivity contribution is 0.0753. The second-order valence-corrected chi connectivity index (χ2v) is 6.47. The topological polar surface area (TPSA) is 89.5 Å². The minimum Gasteiger partial charge on any atom is -0.379 e. The summed E-state index contributed by atoms with van der Waals surface area (Å²) in [5.74, 6) is -0.593. The van der Waals surface area contributed by atoms with Crippen LogP contribution in [0.2, 0.25) is 0 Å². The van der Waals surface area contributed by atoms with Crippen molar-refractivity contribution >= 4 is 11.8 Å². The molecule has 0 atom stereocenters. The predicted molar refractivity (Wildman–Crippen MR) is 100 cm³/mol. The van der Waals surface area contributed by atoms with Gasteiger partial charge in [0.1, 0.15) is 11.4 Å². The molecule has 0 aliphatic rings. The summed E-state index contributed by atoms with van der Waals surface area (Å²) in [6.45, 7) is 10.1. The lowest BCUT2D eigenvalue weighted by atomic mass is 10.2. The summed E-state index contributed by atoms with van der Waals surface area (Å²) in [6, 6.07) is 4.83. The molecule has 0 saturated carbocycles. The SMILES string of the molecule is CC(C)OCCCNC(=O)c1cccc(C(=O)NCCCOC(C)C)n1. The Bertz CT molecular complexity index is 516. The van der Waals surface area contributed by atoms with E-state index in [1.807, 2.05) is 27.7 Å². The molecule has 1 rings (SSSR count). The van der Waals surface area contributed by atoms with E-state index in [4.69, 9.17) is 9.47 Å². The molecule has 0 spiro atoms. The molecule has 26 heavy (non-hydrogen) atoms. The van der Waals surface area contributed by atoms with Crippen LogP contribution in [0.1, 0.15) is 61.5 Å². The molecule has 2 amide bonds. The second-order valence-electron chi connectivity index (χ2n) is 6.47. The third kappa shape index (κ3) is 9.48. The highest BCUT2D eigenvalue weighted by Gasteiger charge is 2.11. The fourth-order valence-corrected chi connectivity index (χ4v) is 2.05. The molecule has 0 fully saturated rings. The Morgan fingerprint density at radius 2 is 1.31 bits per heavy atom. The quantitative estimate of drug-likeness (QED) is 0.554. The van der Waals surface area contributed by atoms with E-state index in [0.717, 1.165) is 12.8 Å². The van der Waals surface area contributed by atoms with Crippen LogP contribution in [0.4, 0.5) is 0 Å². The number of nitrogens with one attached hydrogen (secondary N) is 2. The Morgan fingerprint density at radius 3 is 1.69 bits per heavy atom. The molecule has 1 heterocycles. The lowest BCUT2D eigenvalue weighted by Gasteiger charge is -2.09. The number of hydrogen-bond acceptors (Lipinski definition) is 5. The minimum absolute atomic E-state index is 0.180. The van der Waals surface area contributed by atoms with Crippen LogP contribution in [-0.4, -0.2) is 55.3 Å². The largest absolute Gasteiger partial charge is 0.379 e. The van der Waals surface area contributed by atoms with E-state index in [2.05, 4.69) is 15.6 Å². The first kappa shape index (κ1) is 22.1. The number of rotatable bonds is 12. The third-order valence-electron chi connectivity index (χ3n) is 3.33. The van der Waals surface area contributed by atoms with Gasteiger partial charge in [0.2, 0.25) is 0 Å². The maximum atomic E-state index is 12.1. The molecule has 0 aromatic carbocycles. The van der Waals surface area contributed by atoms with E-state index < -0.39 is 0 Å². The molecule has 0 radical (unpaired) electrons. The first-order valence-corrected chi connectivity index (χ1v) is 9.16. The summed E-state index contributed by atoms with van der Waals surface area (Å²) in [6.07, 6.45) is 1.81. The van der Waals surface area contributed by atoms with Crippen molar-refractivity contribution in [1.82, 2.24) is 15.6 Å². The van der Waals surface area contributed by atoms with Crippen molar-refractivity contribution in [2.45, 2.75) is 52.7 Å². The standard InChI is InChI=1S/C19H31N3O4/c1-14(2)25-12-6-10-20-18(23)16-8-5-9-17(22-16)19(24)21-11-7-13-26-15(3)4/h5,8-9,14-15H,6-7,10-13H2,1-4H3,(H,20,23)(H,21,24). The normalized spacial score (nSPS) is 11.0. The molecule has 146 valence electrons. The average Bonchev–Trinajstić information content (AvgIpc) is 2.60. The molecule has 0 unspecified atom stereocenters. The summed E-state index contributed by atoms with van der Waals surface area (Å²) >= 11 is 0. The Kier molecular flexibility index (Phi) is 10.5. The van der Waals surface area contributed by atoms with Crippen molar-refractivity contribution in [3.05, 3.63) is 29.6 Å². The summed E-state index contributed by atoms with van der Waals surface area (Å²) in [7, 11) is 0. The van der Waals surface area contributed by atoms with Crippen LogP contribution in [0.15, 0.2) is 18.2 Å². The maximum absolute atomic E-state index is 12.1. The van der Waals surface area contributed by atoms with Crippen molar-refractivity contribution in [3.8, 4) is 0 Å². The van der Waals surface area contributed by atoms with Crippen LogP contribution in [0.25, 0.3) is 0 Å². The van der Waals surface area contributed by atoms with Crippen LogP contribution in [0, 0.1) is 0 Å². The number of aromatic nitrogens is 1. The Morgan fingerprint density at radius 1 is 0.885 bits per heavy atom. The van der Waals surface area contributed by atoms with Gasteiger partial charge in [0.25, 0.3) is 11.8 Å². The minimum atomic E-state index is -0.297. The van der Waals surface area contributed by atoms with Gasteiger partial charge < -0.3 is 20.1 Å². The Hall–Kier alpha value is -1.99. The van der Waals surface area contributed by atoms with Gasteiger partial charge in [-0.3, -0.25) is 9.59 Å². The summed E-state index contributed by atoms with van der Waals surface area (Å²) in [4.78, 5) is 28.4. The van der Waals surface area contributed by atoms with Crippen molar-refractivity contribution in [2.24, 2.45) is 0 Å². The van der Waals surface area contributed by atoms with Crippen LogP contribution in [0.5, 0.6) is 0 Å². The molecule has 0 aliphatic carbocycles. The van der Waals surface area contributed by atoms with Gasteiger partial charge in [-0.1, -0.05) is 6.07 Å². The monoisotopic (exact) mass is 365 g/mol. The first-order chi connectivity index (χ1) is 12.4. The van der Waals surface area contributed by atoms with E-state index in [9.17, 15) is 9.59 Å². The van der Waals surface area contributed by atoms with Gasteiger partial charge in [-0.25, -0.2) is 4.98 Å². The van der Waals surface area contributed by atoms with Crippen molar-refractivity contribution in [1.29, 1.82) is 0 Å². The predicted octanol–water partition coefficient (Wildman–Crippen LogP) is 2.17. The van der Waals surface area contributed by atoms with Crippen molar-refractivity contribution in [2.75, 3.05) is 26.3 Å². The highest BCUT2D eigenvalue weighted by molar-refractivity contribution is 5.96. The summed E-state index contributed by atoms with van der Waals surface area (Å²) < 4.78 is 10.8. The summed E-state index contributed by atoms with van der Waals surface area (Å²) in [5, 5.41) is 5.56. The molecular weight excluding hydrogens is 334 g/mol. The van der Waals surface area contributed by atoms with E-state index in [0.29, 0.717) is 26.3 Å². The van der Waals surface area contributed by atoms with E-state index in [1.165, 1.54) is 0 Å². The zero-order chi connectivity index (χ0) is 19.4. The first-order valence-electron chi connectivity index (χ1n) is 9.16. The second kappa shape index (κ2) is 12.4. The number of nitrogens with zero attached hydrogens (tertiary/aromatic N) is 1. The molecule has 1 aromatic rings. The fourth-order valence-electron chi connectivity index (χ4n) is 2.05. The number of carbonyl (C=O) groups is 2. The van der Waals surface area contributed by atoms with Gasteiger partial charge in [-0.05, 0) is 52.7 Å². The number of hydrogen-bond donors (Lipinski definition) is 2. The lowest BCUT2D eigenvalue weighted by Crippen LogP contribution is -2.29. The Balaban J connectivity index is 2.38. The number of amides is 2. The van der Waals surface area contributed by atoms with Gasteiger partial charge in [0, 0.05) is 26.3 Å². The zero-order valence-corrected chi connectivity index (χ0v) is 16.2. The summed E-state index contributed by atoms with van der Waals surface area (Å²) in [5.41, 5.74) is 0.455. The van der Waals surface area contributed by atoms with Crippen LogP contribution in [-0.2, 0) is 9.47 Å². The highest BCUT2D eigenvalue weighted by atomic mass is 16.5. The van der Waals surface area contributed by atoms with Crippen LogP contribution < -0.4 is 10.6 Å². The molecule has 0 bridgehead atoms. The molecule has 0 saturated heterocycles. The number of pyridine rings is 1. The fraction of sp³-hybridized carbons (Fsp3) is 0.632. The smallest absolute Gasteiger partial charge is 0.269 e. The van der Waals surface area contributed by atoms with E-state index in [-0.39, 0.29) is 35.4 Å². The third-order valence-corrected chi connectivity index (χ3v) is 3.33. The highest BCUT2D eigenvalue weighted by Crippen LogP contribution is 2.00. The molecule has 7 nitrogen and oxygen atoms in total. The van der Waals surface area contributed by atoms with Crippen molar-refractivity contribution < 1.29 is 19.1 Å². The number of ether oxygens (including phenoxy) is 2. The maximum Gasteiger partial charge on any atom is 0.269 e. The van der Waals surface area contributed by atoms with Gasteiger partial charge >= 0.3 is 0 Å². The zero-order valence-electron chi connectivity index (χ0n) is 16.2. The van der Waals surface area contributed by atoms with E-state index in [1.54, 1.807) is 18.2 Å². The van der Waals surface area contributed by atoms with Crippen LogP contribution >= 0.6 is 0 Å². The van der Waals surface area contributed by atoms with Gasteiger partial charge in [-0.2, -0.15) is 0 Å². The molecular formula is C19H31N3O4. The molecule has 7 heteroatoms. The molecule has 1 aromatic heterocycles. The van der Waals surface area contributed by atoms with Crippen LogP contribution in [0.3, 0.4) is 0 Å². The van der Waals surface area contributed by atoms with E-state index >= 15 is 0 Å². The van der Waals surface area contributed by atoms with Gasteiger partial charge in [-0.15, -0.1) is 0 Å². The molecule has 0 aliphatic heterocycles. The van der Waals surface area contributed by atoms with Crippen molar-refractivity contribution in [3.63, 3.8) is 0 Å².